The van der Waals surface area contributed by atoms with E-state index in [1.807, 2.05) is 0 Å². The van der Waals surface area contributed by atoms with Gasteiger partial charge in [-0.25, -0.2) is 8.42 Å². The first-order valence-electron chi connectivity index (χ1n) is 7.83. The molecule has 0 radical (unpaired) electrons. The highest BCUT2D eigenvalue weighted by Crippen LogP contribution is 2.36. The van der Waals surface area contributed by atoms with Gasteiger partial charge in [0, 0.05) is 14.9 Å². The number of H-pyrrole nitrogens is 1. The third-order valence-electron chi connectivity index (χ3n) is 3.77. The van der Waals surface area contributed by atoms with Crippen molar-refractivity contribution in [3.63, 3.8) is 0 Å². The molecule has 8 nitrogen and oxygen atoms in total. The van der Waals surface area contributed by atoms with Crippen LogP contribution in [-0.4, -0.2) is 37.2 Å². The van der Waals surface area contributed by atoms with E-state index in [1.54, 1.807) is 18.2 Å². The molecule has 0 unspecified atom stereocenters. The summed E-state index contributed by atoms with van der Waals surface area (Å²) in [7, 11) is -3.74. The number of amides is 1. The van der Waals surface area contributed by atoms with Crippen LogP contribution >= 0.6 is 27.5 Å². The topological polar surface area (TPSA) is 115 Å². The number of azo groups is 1. The Morgan fingerprint density at radius 1 is 1.25 bits per heavy atom. The molecule has 2 N–H and O–H groups in total. The molecule has 146 valence electrons. The summed E-state index contributed by atoms with van der Waals surface area (Å²) < 4.78 is 25.8. The second kappa shape index (κ2) is 7.90. The van der Waals surface area contributed by atoms with E-state index >= 15 is 0 Å². The smallest absolute Gasteiger partial charge is 0.285 e. The predicted molar refractivity (Wildman–Crippen MR) is 111 cm³/mol. The average molecular weight is 486 g/mol. The maximum atomic E-state index is 12.3. The molecule has 1 aromatic heterocycles. The minimum absolute atomic E-state index is 0.0852. The zero-order valence-electron chi connectivity index (χ0n) is 14.4. The van der Waals surface area contributed by atoms with Crippen LogP contribution in [0.25, 0.3) is 10.9 Å². The molecule has 0 saturated heterocycles. The molecule has 0 atom stereocenters. The van der Waals surface area contributed by atoms with Crippen molar-refractivity contribution in [1.82, 2.24) is 4.98 Å². The van der Waals surface area contributed by atoms with Crippen molar-refractivity contribution in [1.29, 1.82) is 0 Å². The third-order valence-corrected chi connectivity index (χ3v) is 5.66. The standard InChI is InChI=1S/C17H14BrClN4O4S/c1-28(26,27)23(12-5-3-11(19)4-6-12)9-15(24)21-22-16-13-8-10(18)2-7-14(13)20-17(16)25/h2-8,20,25H,9H2,1H3. The van der Waals surface area contributed by atoms with Crippen LogP contribution in [0, 0.1) is 0 Å². The summed E-state index contributed by atoms with van der Waals surface area (Å²) in [5, 5.41) is 18.4. The van der Waals surface area contributed by atoms with Crippen LogP contribution in [0.1, 0.15) is 0 Å². The molecule has 0 aliphatic heterocycles. The lowest BCUT2D eigenvalue weighted by Crippen LogP contribution is -2.34. The highest BCUT2D eigenvalue weighted by atomic mass is 79.9. The van der Waals surface area contributed by atoms with E-state index in [4.69, 9.17) is 11.6 Å². The van der Waals surface area contributed by atoms with Gasteiger partial charge in [-0.15, -0.1) is 10.2 Å². The molecule has 3 aromatic rings. The Balaban J connectivity index is 1.87. The quantitative estimate of drug-likeness (QED) is 0.522. The first kappa shape index (κ1) is 20.3. The molecule has 28 heavy (non-hydrogen) atoms. The number of benzene rings is 2. The van der Waals surface area contributed by atoms with Gasteiger partial charge in [-0.2, -0.15) is 0 Å². The highest BCUT2D eigenvalue weighted by molar-refractivity contribution is 9.10. The molecule has 1 amide bonds. The number of aromatic hydroxyl groups is 1. The van der Waals surface area contributed by atoms with Gasteiger partial charge in [0.2, 0.25) is 15.9 Å². The first-order valence-corrected chi connectivity index (χ1v) is 10.8. The zero-order valence-corrected chi connectivity index (χ0v) is 17.6. The molecule has 2 aromatic carbocycles. The SMILES string of the molecule is CS(=O)(=O)N(CC(=O)N=Nc1c(O)[nH]c2ccc(Br)cc12)c1ccc(Cl)cc1. The van der Waals surface area contributed by atoms with Crippen LogP contribution < -0.4 is 4.31 Å². The molecular weight excluding hydrogens is 472 g/mol. The van der Waals surface area contributed by atoms with E-state index in [-0.39, 0.29) is 17.3 Å². The Hall–Kier alpha value is -2.43. The molecule has 11 heteroatoms. The number of rotatable bonds is 5. The maximum absolute atomic E-state index is 12.3. The fraction of sp³-hybridized carbons (Fsp3) is 0.118. The molecular formula is C17H14BrClN4O4S. The number of hydrogen-bond acceptors (Lipinski definition) is 5. The first-order chi connectivity index (χ1) is 13.1. The van der Waals surface area contributed by atoms with E-state index in [1.165, 1.54) is 24.3 Å². The second-order valence-electron chi connectivity index (χ2n) is 5.85. The van der Waals surface area contributed by atoms with Crippen molar-refractivity contribution in [2.45, 2.75) is 0 Å². The summed E-state index contributed by atoms with van der Waals surface area (Å²) in [6.45, 7) is -0.545. The highest BCUT2D eigenvalue weighted by Gasteiger charge is 2.21. The van der Waals surface area contributed by atoms with Crippen LogP contribution in [0.4, 0.5) is 11.4 Å². The van der Waals surface area contributed by atoms with Crippen LogP contribution in [0.2, 0.25) is 5.02 Å². The van der Waals surface area contributed by atoms with Gasteiger partial charge >= 0.3 is 0 Å². The Labute approximate surface area is 174 Å². The van der Waals surface area contributed by atoms with E-state index in [0.29, 0.717) is 15.9 Å². The Bertz CT molecular complexity index is 1180. The summed E-state index contributed by atoms with van der Waals surface area (Å²) in [6, 6.07) is 11.2. The number of anilines is 1. The Kier molecular flexibility index (Phi) is 5.73. The lowest BCUT2D eigenvalue weighted by molar-refractivity contribution is -0.116. The average Bonchev–Trinajstić information content (AvgIpc) is 2.92. The van der Waals surface area contributed by atoms with Crippen LogP contribution in [0.5, 0.6) is 5.88 Å². The van der Waals surface area contributed by atoms with Gasteiger partial charge in [-0.1, -0.05) is 27.5 Å². The van der Waals surface area contributed by atoms with Gasteiger partial charge in [0.25, 0.3) is 5.91 Å². The number of sulfonamides is 1. The minimum atomic E-state index is -3.74. The van der Waals surface area contributed by atoms with Crippen molar-refractivity contribution in [3.8, 4) is 5.88 Å². The van der Waals surface area contributed by atoms with E-state index < -0.39 is 22.5 Å². The molecule has 0 bridgehead atoms. The summed E-state index contributed by atoms with van der Waals surface area (Å²) in [4.78, 5) is 15.0. The third kappa shape index (κ3) is 4.51. The number of carbonyl (C=O) groups is 1. The van der Waals surface area contributed by atoms with Crippen molar-refractivity contribution in [2.24, 2.45) is 10.2 Å². The lowest BCUT2D eigenvalue weighted by atomic mass is 10.2. The van der Waals surface area contributed by atoms with Crippen LogP contribution in [0.15, 0.2) is 57.2 Å². The summed E-state index contributed by atoms with van der Waals surface area (Å²) in [5.41, 5.74) is 0.970. The van der Waals surface area contributed by atoms with E-state index in [9.17, 15) is 18.3 Å². The molecule has 0 spiro atoms. The van der Waals surface area contributed by atoms with Gasteiger partial charge in [-0.05, 0) is 42.5 Å². The fourth-order valence-electron chi connectivity index (χ4n) is 2.50. The van der Waals surface area contributed by atoms with Crippen molar-refractivity contribution < 1.29 is 18.3 Å². The largest absolute Gasteiger partial charge is 0.493 e. The predicted octanol–water partition coefficient (Wildman–Crippen LogP) is 4.37. The summed E-state index contributed by atoms with van der Waals surface area (Å²) in [6.07, 6.45) is 0.981. The van der Waals surface area contributed by atoms with Gasteiger partial charge in [0.05, 0.1) is 17.5 Å². The van der Waals surface area contributed by atoms with Crippen molar-refractivity contribution in [3.05, 3.63) is 52.0 Å². The number of nitrogens with zero attached hydrogens (tertiary/aromatic N) is 3. The van der Waals surface area contributed by atoms with Gasteiger partial charge in [-0.3, -0.25) is 9.10 Å². The van der Waals surface area contributed by atoms with Crippen molar-refractivity contribution in [2.75, 3.05) is 17.1 Å². The maximum Gasteiger partial charge on any atom is 0.285 e. The molecule has 0 aliphatic rings. The summed E-state index contributed by atoms with van der Waals surface area (Å²) in [5.74, 6) is -1.05. The van der Waals surface area contributed by atoms with Crippen LogP contribution in [-0.2, 0) is 14.8 Å². The van der Waals surface area contributed by atoms with Crippen molar-refractivity contribution >= 4 is 65.7 Å². The number of hydrogen-bond donors (Lipinski definition) is 2. The lowest BCUT2D eigenvalue weighted by Gasteiger charge is -2.20. The number of halogens is 2. The number of aromatic amines is 1. The number of aromatic nitrogens is 1. The number of fused-ring (bicyclic) bond motifs is 1. The van der Waals surface area contributed by atoms with Gasteiger partial charge in [0.1, 0.15) is 6.54 Å². The van der Waals surface area contributed by atoms with Crippen LogP contribution in [0.3, 0.4) is 0 Å². The van der Waals surface area contributed by atoms with Gasteiger partial charge < -0.3 is 10.1 Å². The number of nitrogens with one attached hydrogen (secondary N) is 1. The monoisotopic (exact) mass is 484 g/mol. The van der Waals surface area contributed by atoms with E-state index in [0.717, 1.165) is 15.0 Å². The minimum Gasteiger partial charge on any atom is -0.493 e. The zero-order chi connectivity index (χ0) is 20.5. The molecule has 0 saturated carbocycles. The molecule has 1 heterocycles. The normalized spacial score (nSPS) is 12.0. The second-order valence-corrected chi connectivity index (χ2v) is 9.11. The number of carbonyl (C=O) groups excluding carboxylic acids is 1. The fourth-order valence-corrected chi connectivity index (χ4v) is 3.84. The summed E-state index contributed by atoms with van der Waals surface area (Å²) >= 11 is 9.14. The Morgan fingerprint density at radius 2 is 1.93 bits per heavy atom. The molecule has 3 rings (SSSR count). The molecule has 0 aliphatic carbocycles. The Morgan fingerprint density at radius 3 is 2.57 bits per heavy atom. The molecule has 0 fully saturated rings. The van der Waals surface area contributed by atoms with Gasteiger partial charge in [0.15, 0.2) is 5.69 Å². The van der Waals surface area contributed by atoms with E-state index in [2.05, 4.69) is 31.1 Å².